The van der Waals surface area contributed by atoms with Crippen molar-refractivity contribution < 1.29 is 14.6 Å². The Morgan fingerprint density at radius 2 is 2.05 bits per heavy atom. The number of aliphatic hydroxyl groups is 1. The van der Waals surface area contributed by atoms with Crippen molar-refractivity contribution in [2.75, 3.05) is 59.0 Å². The minimum Gasteiger partial charge on any atom is -0.392 e. The lowest BCUT2D eigenvalue weighted by atomic mass is 10.1. The Kier molecular flexibility index (Phi) is 6.72. The number of aliphatic hydroxyl groups excluding tert-OH is 1. The lowest BCUT2D eigenvalue weighted by Gasteiger charge is -2.30. The molecule has 0 bridgehead atoms. The number of morpholine rings is 1. The Labute approximate surface area is 121 Å². The van der Waals surface area contributed by atoms with Crippen LogP contribution in [0.2, 0.25) is 0 Å². The number of hydrogen-bond donors (Lipinski definition) is 2. The monoisotopic (exact) mass is 285 g/mol. The van der Waals surface area contributed by atoms with Crippen molar-refractivity contribution >= 4 is 5.91 Å². The van der Waals surface area contributed by atoms with E-state index in [4.69, 9.17) is 4.74 Å². The molecule has 0 aromatic carbocycles. The molecule has 2 saturated heterocycles. The summed E-state index contributed by atoms with van der Waals surface area (Å²) in [4.78, 5) is 16.2. The number of carbonyl (C=O) groups is 1. The highest BCUT2D eigenvalue weighted by molar-refractivity contribution is 5.77. The topological polar surface area (TPSA) is 65.0 Å². The molecule has 20 heavy (non-hydrogen) atoms. The summed E-state index contributed by atoms with van der Waals surface area (Å²) in [6.07, 6.45) is 2.78. The van der Waals surface area contributed by atoms with Crippen molar-refractivity contribution in [3.05, 3.63) is 0 Å². The van der Waals surface area contributed by atoms with Crippen molar-refractivity contribution in [2.45, 2.75) is 25.4 Å². The SMILES string of the molecule is O=C(CN1CCOCC1)NCCCN1CCC[C@@H](O)C1. The molecule has 0 radical (unpaired) electrons. The minimum atomic E-state index is -0.167. The van der Waals surface area contributed by atoms with Gasteiger partial charge in [-0.1, -0.05) is 0 Å². The lowest BCUT2D eigenvalue weighted by molar-refractivity contribution is -0.123. The zero-order valence-electron chi connectivity index (χ0n) is 12.2. The third-order valence-corrected chi connectivity index (χ3v) is 3.92. The molecule has 2 rings (SSSR count). The second kappa shape index (κ2) is 8.56. The van der Waals surface area contributed by atoms with E-state index in [1.165, 1.54) is 0 Å². The molecule has 1 amide bonds. The molecule has 2 N–H and O–H groups in total. The van der Waals surface area contributed by atoms with Gasteiger partial charge in [0.05, 0.1) is 25.9 Å². The van der Waals surface area contributed by atoms with Crippen LogP contribution in [-0.2, 0) is 9.53 Å². The fourth-order valence-corrected chi connectivity index (χ4v) is 2.78. The van der Waals surface area contributed by atoms with Gasteiger partial charge in [-0.15, -0.1) is 0 Å². The summed E-state index contributed by atoms with van der Waals surface area (Å²) in [6, 6.07) is 0. The highest BCUT2D eigenvalue weighted by Gasteiger charge is 2.17. The Morgan fingerprint density at radius 1 is 1.25 bits per heavy atom. The van der Waals surface area contributed by atoms with Gasteiger partial charge in [-0.3, -0.25) is 9.69 Å². The van der Waals surface area contributed by atoms with Crippen LogP contribution < -0.4 is 5.32 Å². The van der Waals surface area contributed by atoms with Crippen LogP contribution in [0, 0.1) is 0 Å². The fourth-order valence-electron chi connectivity index (χ4n) is 2.78. The number of nitrogens with one attached hydrogen (secondary N) is 1. The maximum atomic E-state index is 11.8. The van der Waals surface area contributed by atoms with Crippen molar-refractivity contribution in [1.82, 2.24) is 15.1 Å². The molecule has 2 heterocycles. The average molecular weight is 285 g/mol. The molecule has 116 valence electrons. The van der Waals surface area contributed by atoms with E-state index in [1.807, 2.05) is 0 Å². The highest BCUT2D eigenvalue weighted by Crippen LogP contribution is 2.09. The summed E-state index contributed by atoms with van der Waals surface area (Å²) >= 11 is 0. The average Bonchev–Trinajstić information content (AvgIpc) is 2.45. The first-order chi connectivity index (χ1) is 9.74. The first-order valence-corrected chi connectivity index (χ1v) is 7.71. The van der Waals surface area contributed by atoms with E-state index in [2.05, 4.69) is 15.1 Å². The molecule has 2 aliphatic heterocycles. The Bertz CT molecular complexity index is 295. The molecular weight excluding hydrogens is 258 g/mol. The Morgan fingerprint density at radius 3 is 2.80 bits per heavy atom. The van der Waals surface area contributed by atoms with Gasteiger partial charge in [0.1, 0.15) is 0 Å². The molecule has 6 heteroatoms. The number of amides is 1. The van der Waals surface area contributed by atoms with Crippen LogP contribution in [0.5, 0.6) is 0 Å². The molecule has 6 nitrogen and oxygen atoms in total. The smallest absolute Gasteiger partial charge is 0.234 e. The second-order valence-corrected chi connectivity index (χ2v) is 5.69. The van der Waals surface area contributed by atoms with E-state index >= 15 is 0 Å². The van der Waals surface area contributed by atoms with Gasteiger partial charge in [-0.25, -0.2) is 0 Å². The normalized spacial score (nSPS) is 25.6. The molecule has 0 spiro atoms. The van der Waals surface area contributed by atoms with Crippen molar-refractivity contribution in [2.24, 2.45) is 0 Å². The zero-order valence-corrected chi connectivity index (χ0v) is 12.2. The standard InChI is InChI=1S/C14H27N3O3/c18-13-3-1-5-16(11-13)6-2-4-15-14(19)12-17-7-9-20-10-8-17/h13,18H,1-12H2,(H,15,19)/t13-/m1/s1. The van der Waals surface area contributed by atoms with Crippen LogP contribution in [-0.4, -0.2) is 85.9 Å². The van der Waals surface area contributed by atoms with Gasteiger partial charge in [0.25, 0.3) is 0 Å². The van der Waals surface area contributed by atoms with Gasteiger partial charge < -0.3 is 20.1 Å². The molecule has 0 saturated carbocycles. The maximum Gasteiger partial charge on any atom is 0.234 e. The summed E-state index contributed by atoms with van der Waals surface area (Å²) in [7, 11) is 0. The van der Waals surface area contributed by atoms with Gasteiger partial charge in [-0.05, 0) is 32.4 Å². The van der Waals surface area contributed by atoms with Gasteiger partial charge in [-0.2, -0.15) is 0 Å². The number of likely N-dealkylation sites (tertiary alicyclic amines) is 1. The number of nitrogens with zero attached hydrogens (tertiary/aromatic N) is 2. The molecule has 0 aromatic heterocycles. The van der Waals surface area contributed by atoms with Gasteiger partial charge in [0.2, 0.25) is 5.91 Å². The molecule has 0 unspecified atom stereocenters. The quantitative estimate of drug-likeness (QED) is 0.631. The largest absolute Gasteiger partial charge is 0.392 e. The predicted molar refractivity (Wildman–Crippen MR) is 76.6 cm³/mol. The maximum absolute atomic E-state index is 11.8. The van der Waals surface area contributed by atoms with Crippen molar-refractivity contribution in [3.63, 3.8) is 0 Å². The zero-order chi connectivity index (χ0) is 14.2. The van der Waals surface area contributed by atoms with Gasteiger partial charge >= 0.3 is 0 Å². The fraction of sp³-hybridized carbons (Fsp3) is 0.929. The predicted octanol–water partition coefficient (Wildman–Crippen LogP) is -0.718. The number of β-amino-alcohol motifs (C(OH)–C–C–N with tert-alkyl or cyclic N) is 1. The van der Waals surface area contributed by atoms with E-state index < -0.39 is 0 Å². The molecule has 0 aromatic rings. The van der Waals surface area contributed by atoms with Gasteiger partial charge in [0, 0.05) is 26.2 Å². The van der Waals surface area contributed by atoms with Crippen LogP contribution >= 0.6 is 0 Å². The summed E-state index contributed by atoms with van der Waals surface area (Å²) in [6.45, 7) is 7.14. The number of rotatable bonds is 6. The number of carbonyl (C=O) groups excluding carboxylic acids is 1. The number of piperidine rings is 1. The van der Waals surface area contributed by atoms with E-state index in [9.17, 15) is 9.90 Å². The summed E-state index contributed by atoms with van der Waals surface area (Å²) < 4.78 is 5.26. The third-order valence-electron chi connectivity index (χ3n) is 3.92. The number of ether oxygens (including phenoxy) is 1. The second-order valence-electron chi connectivity index (χ2n) is 5.69. The number of hydrogen-bond acceptors (Lipinski definition) is 5. The Hall–Kier alpha value is -0.690. The molecular formula is C14H27N3O3. The molecule has 2 fully saturated rings. The summed E-state index contributed by atoms with van der Waals surface area (Å²) in [5, 5.41) is 12.5. The summed E-state index contributed by atoms with van der Waals surface area (Å²) in [5.74, 6) is 0.102. The first kappa shape index (κ1) is 15.7. The van der Waals surface area contributed by atoms with Crippen LogP contribution in [0.25, 0.3) is 0 Å². The van der Waals surface area contributed by atoms with E-state index in [0.717, 1.165) is 71.7 Å². The van der Waals surface area contributed by atoms with E-state index in [1.54, 1.807) is 0 Å². The van der Waals surface area contributed by atoms with E-state index in [0.29, 0.717) is 6.54 Å². The van der Waals surface area contributed by atoms with Crippen LogP contribution in [0.15, 0.2) is 0 Å². The lowest BCUT2D eigenvalue weighted by Crippen LogP contribution is -2.44. The summed E-state index contributed by atoms with van der Waals surface area (Å²) in [5.41, 5.74) is 0. The van der Waals surface area contributed by atoms with Crippen LogP contribution in [0.3, 0.4) is 0 Å². The van der Waals surface area contributed by atoms with Gasteiger partial charge in [0.15, 0.2) is 0 Å². The third kappa shape index (κ3) is 5.75. The van der Waals surface area contributed by atoms with Crippen LogP contribution in [0.1, 0.15) is 19.3 Å². The molecule has 1 atom stereocenters. The highest BCUT2D eigenvalue weighted by atomic mass is 16.5. The van der Waals surface area contributed by atoms with Crippen molar-refractivity contribution in [3.8, 4) is 0 Å². The van der Waals surface area contributed by atoms with Crippen molar-refractivity contribution in [1.29, 1.82) is 0 Å². The first-order valence-electron chi connectivity index (χ1n) is 7.71. The Balaban J connectivity index is 1.50. The minimum absolute atomic E-state index is 0.102. The van der Waals surface area contributed by atoms with E-state index in [-0.39, 0.29) is 12.0 Å². The molecule has 2 aliphatic rings. The van der Waals surface area contributed by atoms with Crippen LogP contribution in [0.4, 0.5) is 0 Å². The molecule has 0 aliphatic carbocycles.